The summed E-state index contributed by atoms with van der Waals surface area (Å²) in [6.07, 6.45) is 2.90. The number of hydrogen-bond donors (Lipinski definition) is 2. The first kappa shape index (κ1) is 30.9. The van der Waals surface area contributed by atoms with E-state index in [1.165, 1.54) is 0 Å². The first-order valence-electron chi connectivity index (χ1n) is 13.8. The van der Waals surface area contributed by atoms with E-state index in [0.717, 1.165) is 24.0 Å². The third kappa shape index (κ3) is 10.5. The zero-order valence-electron chi connectivity index (χ0n) is 24.7. The van der Waals surface area contributed by atoms with E-state index in [9.17, 15) is 9.59 Å². The molecule has 0 bridgehead atoms. The van der Waals surface area contributed by atoms with Crippen molar-refractivity contribution in [3.63, 3.8) is 0 Å². The number of rotatable bonds is 13. The van der Waals surface area contributed by atoms with Crippen molar-refractivity contribution in [2.75, 3.05) is 0 Å². The zero-order chi connectivity index (χ0) is 27.9. The lowest BCUT2D eigenvalue weighted by Crippen LogP contribution is -2.52. The minimum absolute atomic E-state index is 0.107. The molecule has 0 amide bonds. The van der Waals surface area contributed by atoms with Crippen molar-refractivity contribution >= 4 is 11.6 Å². The van der Waals surface area contributed by atoms with Crippen molar-refractivity contribution in [3.05, 3.63) is 71.8 Å². The monoisotopic (exact) mass is 506 g/mol. The third-order valence-corrected chi connectivity index (χ3v) is 6.90. The van der Waals surface area contributed by atoms with E-state index < -0.39 is 10.8 Å². The molecule has 2 rings (SSSR count). The summed E-state index contributed by atoms with van der Waals surface area (Å²) in [5.74, 6) is 0.459. The largest absolute Gasteiger partial charge is 0.305 e. The Morgan fingerprint density at radius 2 is 1.16 bits per heavy atom. The van der Waals surface area contributed by atoms with Gasteiger partial charge in [-0.2, -0.15) is 0 Å². The maximum atomic E-state index is 13.8. The SMILES string of the molecule is CC(CCC(C)(C)C(=O)[C@@H](Cc1ccccc1)NC(C)(C)C)N[C@@H](Cc1ccccc1)C(=O)C(C)(C)C. The molecule has 2 aromatic carbocycles. The molecule has 0 aromatic heterocycles. The van der Waals surface area contributed by atoms with Crippen molar-refractivity contribution in [2.24, 2.45) is 10.8 Å². The Bertz CT molecular complexity index is 984. The van der Waals surface area contributed by atoms with Crippen LogP contribution in [0.4, 0.5) is 0 Å². The highest BCUT2D eigenvalue weighted by molar-refractivity contribution is 5.90. The molecule has 0 aliphatic heterocycles. The van der Waals surface area contributed by atoms with E-state index >= 15 is 0 Å². The number of benzene rings is 2. The molecule has 0 spiro atoms. The number of carbonyl (C=O) groups is 2. The summed E-state index contributed by atoms with van der Waals surface area (Å²) < 4.78 is 0. The Hall–Kier alpha value is -2.30. The molecule has 204 valence electrons. The average molecular weight is 507 g/mol. The summed E-state index contributed by atoms with van der Waals surface area (Å²) in [7, 11) is 0. The number of ketones is 2. The van der Waals surface area contributed by atoms with Gasteiger partial charge >= 0.3 is 0 Å². The van der Waals surface area contributed by atoms with Crippen molar-refractivity contribution in [3.8, 4) is 0 Å². The maximum Gasteiger partial charge on any atom is 0.155 e. The van der Waals surface area contributed by atoms with Crippen LogP contribution in [0.15, 0.2) is 60.7 Å². The molecule has 0 aliphatic rings. The van der Waals surface area contributed by atoms with Gasteiger partial charge in [-0.15, -0.1) is 0 Å². The van der Waals surface area contributed by atoms with Crippen LogP contribution in [-0.4, -0.2) is 35.2 Å². The molecule has 4 nitrogen and oxygen atoms in total. The van der Waals surface area contributed by atoms with Gasteiger partial charge in [0.1, 0.15) is 0 Å². The van der Waals surface area contributed by atoms with E-state index in [4.69, 9.17) is 0 Å². The second-order valence-electron chi connectivity index (χ2n) is 13.3. The van der Waals surface area contributed by atoms with E-state index in [1.54, 1.807) is 0 Å². The lowest BCUT2D eigenvalue weighted by Gasteiger charge is -2.34. The molecule has 37 heavy (non-hydrogen) atoms. The summed E-state index contributed by atoms with van der Waals surface area (Å²) in [6.45, 7) is 18.5. The van der Waals surface area contributed by atoms with Gasteiger partial charge < -0.3 is 10.6 Å². The second-order valence-corrected chi connectivity index (χ2v) is 13.3. The minimum atomic E-state index is -0.489. The molecule has 3 atom stereocenters. The minimum Gasteiger partial charge on any atom is -0.305 e. The quantitative estimate of drug-likeness (QED) is 0.323. The van der Waals surface area contributed by atoms with Crippen LogP contribution in [0, 0.1) is 10.8 Å². The van der Waals surface area contributed by atoms with E-state index in [0.29, 0.717) is 12.8 Å². The topological polar surface area (TPSA) is 58.2 Å². The summed E-state index contributed by atoms with van der Waals surface area (Å²) >= 11 is 0. The fraction of sp³-hybridized carbons (Fsp3) is 0.576. The Morgan fingerprint density at radius 3 is 1.59 bits per heavy atom. The summed E-state index contributed by atoms with van der Waals surface area (Å²) in [5.41, 5.74) is 1.23. The van der Waals surface area contributed by atoms with Gasteiger partial charge in [-0.1, -0.05) is 95.3 Å². The van der Waals surface area contributed by atoms with Gasteiger partial charge in [-0.3, -0.25) is 9.59 Å². The second kappa shape index (κ2) is 13.0. The Kier molecular flexibility index (Phi) is 10.8. The molecule has 1 unspecified atom stereocenters. The molecule has 0 aliphatic carbocycles. The van der Waals surface area contributed by atoms with Crippen LogP contribution >= 0.6 is 0 Å². The number of carbonyl (C=O) groups excluding carboxylic acids is 2. The van der Waals surface area contributed by atoms with Gasteiger partial charge in [-0.05, 0) is 64.5 Å². The van der Waals surface area contributed by atoms with Crippen LogP contribution in [-0.2, 0) is 22.4 Å². The van der Waals surface area contributed by atoms with Crippen molar-refractivity contribution in [1.29, 1.82) is 0 Å². The fourth-order valence-corrected chi connectivity index (χ4v) is 4.78. The van der Waals surface area contributed by atoms with Gasteiger partial charge in [0.05, 0.1) is 12.1 Å². The number of nitrogens with one attached hydrogen (secondary N) is 2. The smallest absolute Gasteiger partial charge is 0.155 e. The Balaban J connectivity index is 2.10. The zero-order valence-corrected chi connectivity index (χ0v) is 24.7. The number of Topliss-reactive ketones (excluding diaryl/α,β-unsaturated/α-hetero) is 2. The molecule has 0 heterocycles. The molecule has 2 aromatic rings. The lowest BCUT2D eigenvalue weighted by atomic mass is 9.77. The van der Waals surface area contributed by atoms with Crippen molar-refractivity contribution in [2.45, 2.75) is 112 Å². The van der Waals surface area contributed by atoms with E-state index in [2.05, 4.69) is 76.4 Å². The predicted octanol–water partition coefficient (Wildman–Crippen LogP) is 6.57. The Morgan fingerprint density at radius 1 is 0.703 bits per heavy atom. The molecular weight excluding hydrogens is 456 g/mol. The molecule has 0 fully saturated rings. The van der Waals surface area contributed by atoms with Crippen LogP contribution in [0.1, 0.15) is 86.3 Å². The van der Waals surface area contributed by atoms with E-state index in [-0.39, 0.29) is 35.2 Å². The standard InChI is InChI=1S/C33H50N2O2/c1-24(34-27(29(36)31(2,3)4)22-25-16-12-10-13-17-25)20-21-33(8,9)30(37)28(35-32(5,6)7)23-26-18-14-11-15-19-26/h10-19,24,27-28,34-35H,20-23H2,1-9H3/t24?,27-,28+/m0/s1. The van der Waals surface area contributed by atoms with Crippen LogP contribution in [0.25, 0.3) is 0 Å². The maximum absolute atomic E-state index is 13.8. The van der Waals surface area contributed by atoms with Crippen molar-refractivity contribution in [1.82, 2.24) is 10.6 Å². The molecule has 4 heteroatoms. The fourth-order valence-electron chi connectivity index (χ4n) is 4.78. The molecular formula is C33H50N2O2. The summed E-state index contributed by atoms with van der Waals surface area (Å²) in [6, 6.07) is 20.0. The molecule has 0 saturated heterocycles. The van der Waals surface area contributed by atoms with Crippen LogP contribution in [0.3, 0.4) is 0 Å². The van der Waals surface area contributed by atoms with Gasteiger partial charge in [0.2, 0.25) is 0 Å². The normalized spacial score (nSPS) is 15.2. The van der Waals surface area contributed by atoms with Gasteiger partial charge in [-0.25, -0.2) is 0 Å². The molecule has 0 saturated carbocycles. The van der Waals surface area contributed by atoms with E-state index in [1.807, 2.05) is 57.2 Å². The Labute approximate surface area is 226 Å². The molecule has 2 N–H and O–H groups in total. The summed E-state index contributed by atoms with van der Waals surface area (Å²) in [4.78, 5) is 27.1. The highest BCUT2D eigenvalue weighted by atomic mass is 16.1. The third-order valence-electron chi connectivity index (χ3n) is 6.90. The highest BCUT2D eigenvalue weighted by Crippen LogP contribution is 2.28. The predicted molar refractivity (Wildman–Crippen MR) is 156 cm³/mol. The van der Waals surface area contributed by atoms with Crippen LogP contribution in [0.5, 0.6) is 0 Å². The summed E-state index contributed by atoms with van der Waals surface area (Å²) in [5, 5.41) is 7.19. The average Bonchev–Trinajstić information content (AvgIpc) is 2.81. The lowest BCUT2D eigenvalue weighted by molar-refractivity contribution is -0.130. The van der Waals surface area contributed by atoms with Crippen molar-refractivity contribution < 1.29 is 9.59 Å². The highest BCUT2D eigenvalue weighted by Gasteiger charge is 2.36. The van der Waals surface area contributed by atoms with Gasteiger partial charge in [0, 0.05) is 22.4 Å². The first-order valence-corrected chi connectivity index (χ1v) is 13.8. The van der Waals surface area contributed by atoms with Crippen LogP contribution < -0.4 is 10.6 Å². The number of hydrogen-bond acceptors (Lipinski definition) is 4. The molecule has 0 radical (unpaired) electrons. The first-order chi connectivity index (χ1) is 17.1. The van der Waals surface area contributed by atoms with Crippen LogP contribution in [0.2, 0.25) is 0 Å². The van der Waals surface area contributed by atoms with Gasteiger partial charge in [0.15, 0.2) is 11.6 Å². The van der Waals surface area contributed by atoms with Gasteiger partial charge in [0.25, 0.3) is 0 Å².